The van der Waals surface area contributed by atoms with Crippen LogP contribution in [0.3, 0.4) is 0 Å². The van der Waals surface area contributed by atoms with E-state index in [1.807, 2.05) is 0 Å². The van der Waals surface area contributed by atoms with E-state index in [1.165, 1.54) is 31.2 Å². The molecular weight excluding hydrogens is 204 g/mol. The Morgan fingerprint density at radius 3 is 2.21 bits per heavy atom. The van der Waals surface area contributed by atoms with Crippen molar-refractivity contribution in [3.05, 3.63) is 51.1 Å². The van der Waals surface area contributed by atoms with E-state index in [-0.39, 0.29) is 44.0 Å². The monoisotopic (exact) mass is 226 g/mol. The third-order valence-electron chi connectivity index (χ3n) is 2.36. The average Bonchev–Trinajstić information content (AvgIpc) is 2.27. The van der Waals surface area contributed by atoms with Crippen molar-refractivity contribution in [1.82, 2.24) is 0 Å². The van der Waals surface area contributed by atoms with Crippen LogP contribution in [0.1, 0.15) is 29.5 Å². The van der Waals surface area contributed by atoms with Gasteiger partial charge in [-0.25, -0.2) is 6.07 Å². The first-order valence-electron chi connectivity index (χ1n) is 4.11. The van der Waals surface area contributed by atoms with Gasteiger partial charge in [-0.15, -0.1) is 0 Å². The second-order valence-electron chi connectivity index (χ2n) is 3.29. The first-order chi connectivity index (χ1) is 4.86. The molecule has 1 aliphatic carbocycles. The van der Waals surface area contributed by atoms with Crippen LogP contribution in [0, 0.1) is 29.2 Å². The van der Waals surface area contributed by atoms with Crippen LogP contribution in [0.15, 0.2) is 12.1 Å². The summed E-state index contributed by atoms with van der Waals surface area (Å²) in [5.74, 6) is 0. The van der Waals surface area contributed by atoms with E-state index in [1.54, 1.807) is 11.1 Å². The molecule has 0 fully saturated rings. The molecule has 0 saturated carbocycles. The summed E-state index contributed by atoms with van der Waals surface area (Å²) in [6.45, 7) is 2.19. The van der Waals surface area contributed by atoms with Crippen LogP contribution < -0.4 is 0 Å². The minimum atomic E-state index is 0. The summed E-state index contributed by atoms with van der Waals surface area (Å²) < 4.78 is 0. The summed E-state index contributed by atoms with van der Waals surface area (Å²) in [6.07, 6.45) is 5.44. The zero-order chi connectivity index (χ0) is 6.97. The minimum Gasteiger partial charge on any atom is -0.358 e. The predicted octanol–water partition coefficient (Wildman–Crippen LogP) is 3.94. The van der Waals surface area contributed by atoms with Gasteiger partial charge in [-0.2, -0.15) is 22.8 Å². The fourth-order valence-electron chi connectivity index (χ4n) is 1.87. The summed E-state index contributed by atoms with van der Waals surface area (Å²) in [4.78, 5) is 0. The molecule has 1 aromatic carbocycles. The zero-order valence-corrected chi connectivity index (χ0v) is 11.5. The summed E-state index contributed by atoms with van der Waals surface area (Å²) >= 11 is 0. The van der Waals surface area contributed by atoms with E-state index in [9.17, 15) is 0 Å². The fourth-order valence-corrected chi connectivity index (χ4v) is 1.87. The molecule has 0 atom stereocenters. The molecule has 0 bridgehead atoms. The number of hydrogen-bond acceptors (Lipinski definition) is 0. The molecule has 0 heterocycles. The number of hydrogen-bond donors (Lipinski definition) is 0. The molecule has 1 aliphatic rings. The SMILES string of the molecule is Cc1cc2c([cH-]1)CCCC2.[CH3-].[CH3-].[CH3-].[Ti+4]. The number of aryl methyl sites for hydroxylation is 3. The summed E-state index contributed by atoms with van der Waals surface area (Å²) in [5, 5.41) is 0. The summed E-state index contributed by atoms with van der Waals surface area (Å²) in [7, 11) is 0. The Bertz CT molecular complexity index is 212. The van der Waals surface area contributed by atoms with Crippen molar-refractivity contribution >= 4 is 0 Å². The molecule has 0 aliphatic heterocycles. The second-order valence-corrected chi connectivity index (χ2v) is 3.29. The Balaban J connectivity index is -0.000000302. The Labute approximate surface area is 105 Å². The van der Waals surface area contributed by atoms with Crippen LogP contribution in [0.25, 0.3) is 0 Å². The van der Waals surface area contributed by atoms with Crippen molar-refractivity contribution in [3.63, 3.8) is 0 Å². The summed E-state index contributed by atoms with van der Waals surface area (Å²) in [6, 6.07) is 4.68. The van der Waals surface area contributed by atoms with Crippen LogP contribution in [-0.2, 0) is 34.6 Å². The van der Waals surface area contributed by atoms with Gasteiger partial charge < -0.3 is 22.3 Å². The molecule has 2 rings (SSSR count). The van der Waals surface area contributed by atoms with Crippen molar-refractivity contribution in [3.8, 4) is 0 Å². The van der Waals surface area contributed by atoms with Gasteiger partial charge >= 0.3 is 21.7 Å². The number of fused-ring (bicyclic) bond motifs is 1. The molecule has 14 heavy (non-hydrogen) atoms. The van der Waals surface area contributed by atoms with Gasteiger partial charge in [-0.3, -0.25) is 0 Å². The smallest absolute Gasteiger partial charge is 0.358 e. The molecule has 0 amide bonds. The van der Waals surface area contributed by atoms with E-state index in [2.05, 4.69) is 19.1 Å². The Hall–Kier alpha value is 0.0643. The van der Waals surface area contributed by atoms with Crippen LogP contribution in [-0.4, -0.2) is 0 Å². The second kappa shape index (κ2) is 8.38. The molecule has 0 saturated heterocycles. The van der Waals surface area contributed by atoms with E-state index >= 15 is 0 Å². The maximum absolute atomic E-state index is 2.34. The normalized spacial score (nSPS) is 12.1. The molecule has 0 radical (unpaired) electrons. The third kappa shape index (κ3) is 4.06. The van der Waals surface area contributed by atoms with Gasteiger partial charge in [0.1, 0.15) is 0 Å². The molecule has 1 heteroatoms. The van der Waals surface area contributed by atoms with E-state index in [0.29, 0.717) is 0 Å². The molecular formula is C13H22Ti. The molecule has 0 N–H and O–H groups in total. The van der Waals surface area contributed by atoms with Gasteiger partial charge in [0.15, 0.2) is 0 Å². The predicted molar refractivity (Wildman–Crippen MR) is 62.7 cm³/mol. The largest absolute Gasteiger partial charge is 4.00 e. The average molecular weight is 226 g/mol. The van der Waals surface area contributed by atoms with Gasteiger partial charge in [0.25, 0.3) is 0 Å². The van der Waals surface area contributed by atoms with Crippen LogP contribution in [0.4, 0.5) is 0 Å². The van der Waals surface area contributed by atoms with Crippen molar-refractivity contribution in [2.24, 2.45) is 0 Å². The summed E-state index contributed by atoms with van der Waals surface area (Å²) in [5.41, 5.74) is 4.68. The van der Waals surface area contributed by atoms with Gasteiger partial charge in [-0.05, 0) is 0 Å². The quantitative estimate of drug-likeness (QED) is 0.464. The van der Waals surface area contributed by atoms with E-state index in [0.717, 1.165) is 0 Å². The molecule has 0 nitrogen and oxygen atoms in total. The minimum absolute atomic E-state index is 0. The van der Waals surface area contributed by atoms with E-state index in [4.69, 9.17) is 0 Å². The van der Waals surface area contributed by atoms with Gasteiger partial charge in [-0.1, -0.05) is 32.6 Å². The van der Waals surface area contributed by atoms with Crippen LogP contribution in [0.2, 0.25) is 0 Å². The van der Waals surface area contributed by atoms with Gasteiger partial charge in [0.2, 0.25) is 0 Å². The Morgan fingerprint density at radius 2 is 1.64 bits per heavy atom. The first kappa shape index (κ1) is 19.6. The van der Waals surface area contributed by atoms with Crippen molar-refractivity contribution < 1.29 is 21.7 Å². The van der Waals surface area contributed by atoms with Crippen molar-refractivity contribution in [2.45, 2.75) is 32.6 Å². The molecule has 1 aromatic rings. The Kier molecular flexibility index (Phi) is 11.7. The number of rotatable bonds is 0. The molecule has 0 aromatic heterocycles. The maximum atomic E-state index is 2.34. The molecule has 0 spiro atoms. The van der Waals surface area contributed by atoms with Crippen LogP contribution in [0.5, 0.6) is 0 Å². The Morgan fingerprint density at radius 1 is 1.07 bits per heavy atom. The van der Waals surface area contributed by atoms with Crippen LogP contribution >= 0.6 is 0 Å². The van der Waals surface area contributed by atoms with E-state index < -0.39 is 0 Å². The van der Waals surface area contributed by atoms with Gasteiger partial charge in [0.05, 0.1) is 0 Å². The maximum Gasteiger partial charge on any atom is 4.00 e. The fraction of sp³-hybridized carbons (Fsp3) is 0.385. The molecule has 0 unspecified atom stereocenters. The van der Waals surface area contributed by atoms with Crippen molar-refractivity contribution in [2.75, 3.05) is 0 Å². The van der Waals surface area contributed by atoms with Crippen molar-refractivity contribution in [1.29, 1.82) is 0 Å². The first-order valence-corrected chi connectivity index (χ1v) is 4.11. The zero-order valence-electron chi connectivity index (χ0n) is 9.98. The topological polar surface area (TPSA) is 0 Å². The van der Waals surface area contributed by atoms with Gasteiger partial charge in [0, 0.05) is 0 Å². The standard InChI is InChI=1S/C10H13.3CH3.Ti/c1-8-6-9-4-2-3-5-10(9)7-8;;;;/h6-7H,2-5H2,1H3;3*1H3;/q4*-1;+4. The third-order valence-corrected chi connectivity index (χ3v) is 2.36. The molecule has 78 valence electrons.